The minimum absolute atomic E-state index is 0.0893. The smallest absolute Gasteiger partial charge is 0.275 e. The van der Waals surface area contributed by atoms with Gasteiger partial charge < -0.3 is 4.84 Å². The lowest BCUT2D eigenvalue weighted by molar-refractivity contribution is -0.106. The van der Waals surface area contributed by atoms with Crippen molar-refractivity contribution in [3.05, 3.63) is 34.2 Å². The van der Waals surface area contributed by atoms with E-state index in [1.807, 2.05) is 12.1 Å². The van der Waals surface area contributed by atoms with Crippen LogP contribution in [0.25, 0.3) is 10.1 Å². The van der Waals surface area contributed by atoms with Crippen LogP contribution in [0.4, 0.5) is 0 Å². The summed E-state index contributed by atoms with van der Waals surface area (Å²) in [5, 5.41) is 4.46. The predicted molar refractivity (Wildman–Crippen MR) is 71.2 cm³/mol. The Morgan fingerprint density at radius 1 is 1.47 bits per heavy atom. The Balaban J connectivity index is 2.60. The molecule has 0 amide bonds. The molecular weight excluding hydrogens is 281 g/mol. The van der Waals surface area contributed by atoms with Crippen molar-refractivity contribution in [3.63, 3.8) is 0 Å². The highest BCUT2D eigenvalue weighted by Crippen LogP contribution is 2.31. The fourth-order valence-corrected chi connectivity index (χ4v) is 2.95. The number of hydrogen-bond donors (Lipinski definition) is 0. The van der Waals surface area contributed by atoms with E-state index in [9.17, 15) is 4.79 Å². The van der Waals surface area contributed by atoms with E-state index in [0.29, 0.717) is 9.90 Å². The Morgan fingerprint density at radius 3 is 2.82 bits per heavy atom. The van der Waals surface area contributed by atoms with Crippen molar-refractivity contribution in [1.82, 2.24) is 0 Å². The van der Waals surface area contributed by atoms with Crippen LogP contribution in [0.15, 0.2) is 29.4 Å². The third-order valence-corrected chi connectivity index (χ3v) is 3.73. The van der Waals surface area contributed by atoms with E-state index in [4.69, 9.17) is 23.2 Å². The van der Waals surface area contributed by atoms with Crippen molar-refractivity contribution in [2.24, 2.45) is 5.16 Å². The number of fused-ring (bicyclic) bond motifs is 1. The van der Waals surface area contributed by atoms with Crippen LogP contribution >= 0.6 is 34.5 Å². The Morgan fingerprint density at radius 2 is 2.24 bits per heavy atom. The fraction of sp³-hybridized carbons (Fsp3) is 0.0909. The lowest BCUT2D eigenvalue weighted by Gasteiger charge is -1.94. The van der Waals surface area contributed by atoms with Crippen LogP contribution in [0, 0.1) is 0 Å². The van der Waals surface area contributed by atoms with Crippen LogP contribution in [0.2, 0.25) is 5.02 Å². The summed E-state index contributed by atoms with van der Waals surface area (Å²) in [7, 11) is 1.36. The summed E-state index contributed by atoms with van der Waals surface area (Å²) in [5.74, 6) is 0. The molecule has 3 nitrogen and oxygen atoms in total. The molecule has 0 saturated carbocycles. The number of halogens is 2. The highest BCUT2D eigenvalue weighted by atomic mass is 35.5. The minimum Gasteiger partial charge on any atom is -0.398 e. The second kappa shape index (κ2) is 5.04. The summed E-state index contributed by atoms with van der Waals surface area (Å²) in [6.07, 6.45) is 0. The van der Waals surface area contributed by atoms with Crippen LogP contribution in [0.3, 0.4) is 0 Å². The lowest BCUT2D eigenvalue weighted by atomic mass is 10.2. The monoisotopic (exact) mass is 287 g/mol. The van der Waals surface area contributed by atoms with Crippen molar-refractivity contribution >= 4 is 55.6 Å². The van der Waals surface area contributed by atoms with Gasteiger partial charge in [-0.05, 0) is 29.8 Å². The average Bonchev–Trinajstić information content (AvgIpc) is 2.70. The van der Waals surface area contributed by atoms with Gasteiger partial charge in [0, 0.05) is 15.1 Å². The highest BCUT2D eigenvalue weighted by molar-refractivity contribution is 7.22. The van der Waals surface area contributed by atoms with Crippen molar-refractivity contribution in [3.8, 4) is 0 Å². The summed E-state index contributed by atoms with van der Waals surface area (Å²) >= 11 is 12.9. The summed E-state index contributed by atoms with van der Waals surface area (Å²) in [5.41, 5.74) is 0.0893. The van der Waals surface area contributed by atoms with Gasteiger partial charge in [-0.15, -0.1) is 11.3 Å². The van der Waals surface area contributed by atoms with Gasteiger partial charge >= 0.3 is 0 Å². The molecule has 17 heavy (non-hydrogen) atoms. The topological polar surface area (TPSA) is 38.7 Å². The first-order valence-electron chi connectivity index (χ1n) is 4.63. The average molecular weight is 288 g/mol. The molecule has 0 unspecified atom stereocenters. The van der Waals surface area contributed by atoms with Gasteiger partial charge in [0.15, 0.2) is 5.71 Å². The number of carbonyl (C=O) groups is 1. The highest BCUT2D eigenvalue weighted by Gasteiger charge is 2.16. The number of carbonyl (C=O) groups excluding carboxylic acids is 1. The van der Waals surface area contributed by atoms with Crippen LogP contribution in [-0.2, 0) is 9.63 Å². The normalized spacial score (nSPS) is 11.8. The van der Waals surface area contributed by atoms with Crippen molar-refractivity contribution in [2.75, 3.05) is 7.11 Å². The van der Waals surface area contributed by atoms with E-state index in [-0.39, 0.29) is 5.71 Å². The molecule has 0 N–H and O–H groups in total. The molecule has 2 rings (SSSR count). The minimum atomic E-state index is -0.658. The van der Waals surface area contributed by atoms with Crippen molar-refractivity contribution < 1.29 is 9.63 Å². The summed E-state index contributed by atoms with van der Waals surface area (Å²) in [4.78, 5) is 16.5. The first-order valence-corrected chi connectivity index (χ1v) is 6.20. The molecule has 88 valence electrons. The molecule has 0 radical (unpaired) electrons. The molecule has 0 atom stereocenters. The van der Waals surface area contributed by atoms with Crippen LogP contribution in [0.5, 0.6) is 0 Å². The van der Waals surface area contributed by atoms with Crippen LogP contribution in [0.1, 0.15) is 4.88 Å². The quantitative estimate of drug-likeness (QED) is 0.491. The van der Waals surface area contributed by atoms with Gasteiger partial charge in [-0.3, -0.25) is 4.79 Å². The third kappa shape index (κ3) is 2.44. The first-order chi connectivity index (χ1) is 8.13. The maximum Gasteiger partial charge on any atom is 0.275 e. The predicted octanol–water partition coefficient (Wildman–Crippen LogP) is 3.67. The van der Waals surface area contributed by atoms with E-state index in [0.717, 1.165) is 10.1 Å². The molecule has 0 spiro atoms. The summed E-state index contributed by atoms with van der Waals surface area (Å²) in [6.45, 7) is 0. The van der Waals surface area contributed by atoms with Crippen molar-refractivity contribution in [1.29, 1.82) is 0 Å². The zero-order valence-corrected chi connectivity index (χ0v) is 11.1. The molecule has 0 bridgehead atoms. The molecule has 1 aromatic heterocycles. The zero-order valence-electron chi connectivity index (χ0n) is 8.74. The molecule has 0 aliphatic carbocycles. The number of rotatable bonds is 3. The van der Waals surface area contributed by atoms with Crippen LogP contribution < -0.4 is 0 Å². The number of oxime groups is 1. The Bertz CT molecular complexity index is 607. The number of thiophene rings is 1. The molecule has 0 saturated heterocycles. The van der Waals surface area contributed by atoms with Gasteiger partial charge in [-0.25, -0.2) is 0 Å². The maximum atomic E-state index is 11.2. The first kappa shape index (κ1) is 12.4. The van der Waals surface area contributed by atoms with E-state index >= 15 is 0 Å². The van der Waals surface area contributed by atoms with Gasteiger partial charge in [-0.2, -0.15) is 0 Å². The van der Waals surface area contributed by atoms with Gasteiger partial charge in [-0.1, -0.05) is 22.8 Å². The summed E-state index contributed by atoms with van der Waals surface area (Å²) < 4.78 is 0.967. The molecule has 1 aromatic carbocycles. The van der Waals surface area contributed by atoms with E-state index in [1.165, 1.54) is 18.4 Å². The number of hydrogen-bond acceptors (Lipinski definition) is 4. The van der Waals surface area contributed by atoms with Gasteiger partial charge in [0.1, 0.15) is 7.11 Å². The molecular formula is C11H7Cl2NO2S. The van der Waals surface area contributed by atoms with Gasteiger partial charge in [0.2, 0.25) is 0 Å². The zero-order chi connectivity index (χ0) is 12.4. The van der Waals surface area contributed by atoms with E-state index in [2.05, 4.69) is 9.99 Å². The number of benzene rings is 1. The Labute approximate surface area is 112 Å². The van der Waals surface area contributed by atoms with E-state index < -0.39 is 5.24 Å². The molecule has 2 aromatic rings. The third-order valence-electron chi connectivity index (χ3n) is 2.11. The standard InChI is InChI=1S/C11H7Cl2NO2S/c1-16-14-10(11(13)15)9-5-6-7(12)3-2-4-8(6)17-9/h2-5H,1H3/b14-10+. The second-order valence-electron chi connectivity index (χ2n) is 3.16. The molecule has 6 heteroatoms. The van der Waals surface area contributed by atoms with Crippen LogP contribution in [-0.4, -0.2) is 18.1 Å². The SMILES string of the molecule is CO/N=C(/C(=O)Cl)c1cc2c(Cl)cccc2s1. The van der Waals surface area contributed by atoms with E-state index in [1.54, 1.807) is 12.1 Å². The summed E-state index contributed by atoms with van der Waals surface area (Å²) in [6, 6.07) is 7.33. The van der Waals surface area contributed by atoms with Gasteiger partial charge in [0.25, 0.3) is 5.24 Å². The van der Waals surface area contributed by atoms with Gasteiger partial charge in [0.05, 0.1) is 4.88 Å². The Kier molecular flexibility index (Phi) is 3.66. The largest absolute Gasteiger partial charge is 0.398 e. The fourth-order valence-electron chi connectivity index (χ4n) is 1.41. The second-order valence-corrected chi connectivity index (χ2v) is 4.99. The maximum absolute atomic E-state index is 11.2. The number of nitrogens with zero attached hydrogens (tertiary/aromatic N) is 1. The molecule has 0 aliphatic rings. The Hall–Kier alpha value is -1.10. The molecule has 1 heterocycles. The lowest BCUT2D eigenvalue weighted by Crippen LogP contribution is -2.07. The van der Waals surface area contributed by atoms with Crippen molar-refractivity contribution in [2.45, 2.75) is 0 Å². The molecule has 0 fully saturated rings. The molecule has 0 aliphatic heterocycles.